The van der Waals surface area contributed by atoms with Crippen molar-refractivity contribution in [2.45, 2.75) is 0 Å². The van der Waals surface area contributed by atoms with Gasteiger partial charge in [0.15, 0.2) is 0 Å². The van der Waals surface area contributed by atoms with Gasteiger partial charge in [0.05, 0.1) is 16.1 Å². The van der Waals surface area contributed by atoms with Crippen LogP contribution in [-0.4, -0.2) is 9.97 Å². The summed E-state index contributed by atoms with van der Waals surface area (Å²) in [5.41, 5.74) is 2.86. The minimum Gasteiger partial charge on any atom is -0.352 e. The van der Waals surface area contributed by atoms with Gasteiger partial charge in [-0.3, -0.25) is 4.98 Å². The maximum atomic E-state index is 6.09. The zero-order valence-corrected chi connectivity index (χ0v) is 9.93. The summed E-state index contributed by atoms with van der Waals surface area (Å²) < 4.78 is 1.04. The van der Waals surface area contributed by atoms with Crippen LogP contribution in [0.2, 0.25) is 5.02 Å². The molecule has 1 N–H and O–H groups in total. The van der Waals surface area contributed by atoms with E-state index in [1.54, 1.807) is 12.3 Å². The van der Waals surface area contributed by atoms with Crippen molar-refractivity contribution in [3.63, 3.8) is 0 Å². The van der Waals surface area contributed by atoms with Crippen molar-refractivity contribution in [2.24, 2.45) is 0 Å². The van der Waals surface area contributed by atoms with E-state index in [1.807, 2.05) is 18.2 Å². The molecule has 2 heterocycles. The number of nitrogens with zero attached hydrogens (tertiary/aromatic N) is 1. The number of hydrogen-bond acceptors (Lipinski definition) is 1. The third-order valence-electron chi connectivity index (χ3n) is 2.40. The third kappa shape index (κ3) is 1.34. The number of H-pyrrole nitrogens is 1. The number of fused-ring (bicyclic) bond motifs is 3. The Kier molecular flexibility index (Phi) is 1.97. The van der Waals surface area contributed by atoms with Crippen LogP contribution in [0.1, 0.15) is 0 Å². The Labute approximate surface area is 99.4 Å². The summed E-state index contributed by atoms with van der Waals surface area (Å²) in [6.45, 7) is 0. The molecule has 0 fully saturated rings. The van der Waals surface area contributed by atoms with Gasteiger partial charge in [-0.15, -0.1) is 0 Å². The molecule has 0 amide bonds. The van der Waals surface area contributed by atoms with Crippen LogP contribution in [0.3, 0.4) is 0 Å². The second-order valence-corrected chi connectivity index (χ2v) is 4.65. The molecule has 4 heteroatoms. The molecule has 1 aromatic carbocycles. The van der Waals surface area contributed by atoms with Gasteiger partial charge in [-0.05, 0) is 24.3 Å². The fraction of sp³-hybridized carbons (Fsp3) is 0. The normalized spacial score (nSPS) is 11.3. The first kappa shape index (κ1) is 9.19. The average Bonchev–Trinajstić information content (AvgIpc) is 2.58. The highest BCUT2D eigenvalue weighted by molar-refractivity contribution is 9.10. The topological polar surface area (TPSA) is 28.7 Å². The summed E-state index contributed by atoms with van der Waals surface area (Å²) in [5, 5.41) is 1.79. The number of aromatic nitrogens is 2. The number of benzene rings is 1. The molecule has 2 aromatic heterocycles. The first-order valence-electron chi connectivity index (χ1n) is 4.47. The average molecular weight is 282 g/mol. The third-order valence-corrected chi connectivity index (χ3v) is 3.20. The van der Waals surface area contributed by atoms with Crippen molar-refractivity contribution in [3.8, 4) is 0 Å². The molecule has 0 atom stereocenters. The minimum absolute atomic E-state index is 0.701. The van der Waals surface area contributed by atoms with Crippen molar-refractivity contribution in [1.29, 1.82) is 0 Å². The second kappa shape index (κ2) is 3.22. The van der Waals surface area contributed by atoms with E-state index in [4.69, 9.17) is 11.6 Å². The standard InChI is InChI=1S/C11H6BrClN2/c12-6-1-2-9-7(5-6)10-11(15-9)8(13)3-4-14-10/h1-5,15H. The number of aromatic amines is 1. The molecule has 0 bridgehead atoms. The Balaban J connectivity index is 2.58. The van der Waals surface area contributed by atoms with Crippen molar-refractivity contribution in [3.05, 3.63) is 40.0 Å². The van der Waals surface area contributed by atoms with E-state index in [0.717, 1.165) is 26.4 Å². The highest BCUT2D eigenvalue weighted by Crippen LogP contribution is 2.29. The van der Waals surface area contributed by atoms with Crippen LogP contribution in [0.5, 0.6) is 0 Å². The molecule has 0 aliphatic heterocycles. The Morgan fingerprint density at radius 1 is 1.27 bits per heavy atom. The molecule has 3 aromatic rings. The summed E-state index contributed by atoms with van der Waals surface area (Å²) >= 11 is 9.53. The number of halogens is 2. The summed E-state index contributed by atoms with van der Waals surface area (Å²) in [6, 6.07) is 7.83. The van der Waals surface area contributed by atoms with Crippen LogP contribution < -0.4 is 0 Å². The predicted molar refractivity (Wildman–Crippen MR) is 66.3 cm³/mol. The van der Waals surface area contributed by atoms with Crippen LogP contribution in [0, 0.1) is 0 Å². The molecule has 2 nitrogen and oxygen atoms in total. The maximum absolute atomic E-state index is 6.09. The smallest absolute Gasteiger partial charge is 0.0973 e. The van der Waals surface area contributed by atoms with E-state index in [9.17, 15) is 0 Å². The zero-order valence-electron chi connectivity index (χ0n) is 7.59. The second-order valence-electron chi connectivity index (χ2n) is 3.33. The molecule has 0 spiro atoms. The quantitative estimate of drug-likeness (QED) is 0.659. The van der Waals surface area contributed by atoms with Gasteiger partial charge in [-0.25, -0.2) is 0 Å². The molecule has 0 aliphatic rings. The lowest BCUT2D eigenvalue weighted by Crippen LogP contribution is -1.74. The maximum Gasteiger partial charge on any atom is 0.0973 e. The van der Waals surface area contributed by atoms with Crippen molar-refractivity contribution >= 4 is 49.5 Å². The fourth-order valence-electron chi connectivity index (χ4n) is 1.72. The van der Waals surface area contributed by atoms with Gasteiger partial charge >= 0.3 is 0 Å². The molecule has 3 rings (SSSR count). The van der Waals surface area contributed by atoms with E-state index in [2.05, 4.69) is 25.9 Å². The van der Waals surface area contributed by atoms with Crippen LogP contribution in [0.15, 0.2) is 34.9 Å². The van der Waals surface area contributed by atoms with Gasteiger partial charge in [0, 0.05) is 21.6 Å². The first-order chi connectivity index (χ1) is 7.25. The van der Waals surface area contributed by atoms with Crippen molar-refractivity contribution in [2.75, 3.05) is 0 Å². The lowest BCUT2D eigenvalue weighted by atomic mass is 10.2. The Morgan fingerprint density at radius 2 is 2.13 bits per heavy atom. The van der Waals surface area contributed by atoms with E-state index in [-0.39, 0.29) is 0 Å². The largest absolute Gasteiger partial charge is 0.352 e. The van der Waals surface area contributed by atoms with Gasteiger partial charge < -0.3 is 4.98 Å². The molecular weight excluding hydrogens is 275 g/mol. The molecule has 0 saturated carbocycles. The van der Waals surface area contributed by atoms with Crippen LogP contribution in [0.4, 0.5) is 0 Å². The minimum atomic E-state index is 0.701. The Hall–Kier alpha value is -1.06. The van der Waals surface area contributed by atoms with Gasteiger partial charge in [-0.2, -0.15) is 0 Å². The van der Waals surface area contributed by atoms with Crippen LogP contribution in [0.25, 0.3) is 21.9 Å². The molecule has 0 saturated heterocycles. The number of nitrogens with one attached hydrogen (secondary N) is 1. The van der Waals surface area contributed by atoms with E-state index in [1.165, 1.54) is 0 Å². The Morgan fingerprint density at radius 3 is 3.00 bits per heavy atom. The highest BCUT2D eigenvalue weighted by atomic mass is 79.9. The van der Waals surface area contributed by atoms with Crippen molar-refractivity contribution in [1.82, 2.24) is 9.97 Å². The van der Waals surface area contributed by atoms with Gasteiger partial charge in [0.25, 0.3) is 0 Å². The van der Waals surface area contributed by atoms with Crippen LogP contribution >= 0.6 is 27.5 Å². The monoisotopic (exact) mass is 280 g/mol. The summed E-state index contributed by atoms with van der Waals surface area (Å²) in [6.07, 6.45) is 1.72. The lowest BCUT2D eigenvalue weighted by molar-refractivity contribution is 1.42. The SMILES string of the molecule is Clc1ccnc2c1[nH]c1ccc(Br)cc12. The van der Waals surface area contributed by atoms with Crippen molar-refractivity contribution < 1.29 is 0 Å². The van der Waals surface area contributed by atoms with E-state index in [0.29, 0.717) is 5.02 Å². The summed E-state index contributed by atoms with van der Waals surface area (Å²) in [5.74, 6) is 0. The van der Waals surface area contributed by atoms with E-state index >= 15 is 0 Å². The van der Waals surface area contributed by atoms with E-state index < -0.39 is 0 Å². The molecule has 0 radical (unpaired) electrons. The molecular formula is C11H6BrClN2. The molecule has 0 unspecified atom stereocenters. The molecule has 74 valence electrons. The van der Waals surface area contributed by atoms with Gasteiger partial charge in [0.2, 0.25) is 0 Å². The highest BCUT2D eigenvalue weighted by Gasteiger charge is 2.07. The van der Waals surface area contributed by atoms with Gasteiger partial charge in [0.1, 0.15) is 0 Å². The summed E-state index contributed by atoms with van der Waals surface area (Å²) in [4.78, 5) is 7.59. The number of hydrogen-bond donors (Lipinski definition) is 1. The van der Waals surface area contributed by atoms with Gasteiger partial charge in [-0.1, -0.05) is 27.5 Å². The number of rotatable bonds is 0. The van der Waals surface area contributed by atoms with Crippen LogP contribution in [-0.2, 0) is 0 Å². The first-order valence-corrected chi connectivity index (χ1v) is 5.64. The molecule has 15 heavy (non-hydrogen) atoms. The Bertz CT molecular complexity index is 660. The fourth-order valence-corrected chi connectivity index (χ4v) is 2.27. The number of pyridine rings is 1. The molecule has 0 aliphatic carbocycles. The summed E-state index contributed by atoms with van der Waals surface area (Å²) in [7, 11) is 0. The lowest BCUT2D eigenvalue weighted by Gasteiger charge is -1.92. The zero-order chi connectivity index (χ0) is 10.4. The predicted octanol–water partition coefficient (Wildman–Crippen LogP) is 4.13.